The first-order chi connectivity index (χ1) is 24.2. The Bertz CT molecular complexity index is 894. The summed E-state index contributed by atoms with van der Waals surface area (Å²) >= 11 is 0. The summed E-state index contributed by atoms with van der Waals surface area (Å²) in [5.41, 5.74) is 0. The van der Waals surface area contributed by atoms with Gasteiger partial charge in [0.15, 0.2) is 6.10 Å². The predicted octanol–water partition coefficient (Wildman–Crippen LogP) is 9.83. The van der Waals surface area contributed by atoms with Crippen molar-refractivity contribution in [1.82, 2.24) is 0 Å². The number of aliphatic hydroxyl groups is 2. The zero-order chi connectivity index (χ0) is 37.0. The summed E-state index contributed by atoms with van der Waals surface area (Å²) in [6.07, 6.45) is 32.9. The minimum atomic E-state index is -4.62. The second-order valence-corrected chi connectivity index (χ2v) is 14.8. The molecule has 0 aliphatic rings. The largest absolute Gasteiger partial charge is 0.472 e. The Morgan fingerprint density at radius 2 is 0.980 bits per heavy atom. The lowest BCUT2D eigenvalue weighted by atomic mass is 10.1. The van der Waals surface area contributed by atoms with Crippen LogP contribution in [-0.4, -0.2) is 65.7 Å². The van der Waals surface area contributed by atoms with Gasteiger partial charge in [0.05, 0.1) is 19.8 Å². The number of esters is 2. The summed E-state index contributed by atoms with van der Waals surface area (Å²) in [5, 5.41) is 18.3. The van der Waals surface area contributed by atoms with Gasteiger partial charge < -0.3 is 24.6 Å². The first-order valence-electron chi connectivity index (χ1n) is 19.8. The van der Waals surface area contributed by atoms with Crippen LogP contribution in [0.5, 0.6) is 0 Å². The third-order valence-electron chi connectivity index (χ3n) is 8.33. The third-order valence-corrected chi connectivity index (χ3v) is 9.28. The van der Waals surface area contributed by atoms with Gasteiger partial charge in [0, 0.05) is 12.8 Å². The van der Waals surface area contributed by atoms with Crippen molar-refractivity contribution in [3.63, 3.8) is 0 Å². The van der Waals surface area contributed by atoms with Gasteiger partial charge >= 0.3 is 19.8 Å². The van der Waals surface area contributed by atoms with E-state index in [-0.39, 0.29) is 19.4 Å². The van der Waals surface area contributed by atoms with E-state index in [1.54, 1.807) is 0 Å². The van der Waals surface area contributed by atoms with Crippen molar-refractivity contribution < 1.29 is 47.8 Å². The van der Waals surface area contributed by atoms with Crippen molar-refractivity contribution in [2.45, 2.75) is 187 Å². The standard InChI is InChI=1S/C39H73O10P/c1-3-5-7-9-11-13-15-17-18-19-21-23-25-27-29-31-39(43)49-37(35-48-50(44,45)47-33-36(41)32-40)34-46-38(42)30-28-26-24-22-20-16-14-12-10-8-6-4-2/h12,14,21,23,36-37,40-41H,3-11,13,15-20,22,24-35H2,1-2H3,(H,44,45)/b14-12+,23-21+/t36-,37+/m0/s1. The molecule has 1 unspecified atom stereocenters. The SMILES string of the molecule is CCCCC/C=C/CCCCCCCC(=O)OC[C@H](COP(=O)(O)OC[C@@H](O)CO)OC(=O)CCCC/C=C/CCCCCCCCCCC. The molecule has 0 aliphatic carbocycles. The quantitative estimate of drug-likeness (QED) is 0.0244. The minimum absolute atomic E-state index is 0.154. The molecule has 0 aromatic rings. The first-order valence-corrected chi connectivity index (χ1v) is 21.3. The molecule has 0 amide bonds. The summed E-state index contributed by atoms with van der Waals surface area (Å²) in [4.78, 5) is 34.8. The van der Waals surface area contributed by atoms with Crippen LogP contribution in [0.2, 0.25) is 0 Å². The molecule has 294 valence electrons. The molecule has 0 aromatic heterocycles. The molecule has 3 atom stereocenters. The van der Waals surface area contributed by atoms with Gasteiger partial charge in [0.25, 0.3) is 0 Å². The van der Waals surface area contributed by atoms with E-state index in [1.807, 2.05) is 0 Å². The van der Waals surface area contributed by atoms with Crippen molar-refractivity contribution in [3.8, 4) is 0 Å². The molecule has 10 nitrogen and oxygen atoms in total. The van der Waals surface area contributed by atoms with Crippen LogP contribution in [0.1, 0.15) is 174 Å². The number of hydrogen-bond donors (Lipinski definition) is 3. The maximum Gasteiger partial charge on any atom is 0.472 e. The van der Waals surface area contributed by atoms with Gasteiger partial charge in [-0.15, -0.1) is 0 Å². The van der Waals surface area contributed by atoms with Crippen LogP contribution in [-0.2, 0) is 32.7 Å². The highest BCUT2D eigenvalue weighted by atomic mass is 31.2. The maximum absolute atomic E-state index is 12.5. The average molecular weight is 733 g/mol. The van der Waals surface area contributed by atoms with Crippen LogP contribution in [0, 0.1) is 0 Å². The topological polar surface area (TPSA) is 149 Å². The monoisotopic (exact) mass is 732 g/mol. The molecule has 0 aliphatic heterocycles. The molecular weight excluding hydrogens is 659 g/mol. The average Bonchev–Trinajstić information content (AvgIpc) is 3.10. The molecule has 0 radical (unpaired) electrons. The third kappa shape index (κ3) is 34.9. The molecule has 0 heterocycles. The lowest BCUT2D eigenvalue weighted by molar-refractivity contribution is -0.161. The van der Waals surface area contributed by atoms with E-state index in [9.17, 15) is 24.2 Å². The molecule has 50 heavy (non-hydrogen) atoms. The molecule has 0 spiro atoms. The van der Waals surface area contributed by atoms with Gasteiger partial charge in [-0.1, -0.05) is 122 Å². The van der Waals surface area contributed by atoms with Gasteiger partial charge in [-0.05, 0) is 64.2 Å². The molecule has 0 aromatic carbocycles. The Labute approximate surface area is 304 Å². The van der Waals surface area contributed by atoms with Gasteiger partial charge in [-0.2, -0.15) is 0 Å². The fourth-order valence-electron chi connectivity index (χ4n) is 5.22. The number of phosphoric acid groups is 1. The summed E-state index contributed by atoms with van der Waals surface area (Å²) in [6.45, 7) is 2.31. The predicted molar refractivity (Wildman–Crippen MR) is 201 cm³/mol. The number of carbonyl (C=O) groups is 2. The highest BCUT2D eigenvalue weighted by Crippen LogP contribution is 2.43. The Hall–Kier alpha value is -1.55. The number of aliphatic hydroxyl groups excluding tert-OH is 2. The number of allylic oxidation sites excluding steroid dienone is 4. The van der Waals surface area contributed by atoms with E-state index < -0.39 is 51.8 Å². The normalized spacial score (nSPS) is 14.3. The van der Waals surface area contributed by atoms with E-state index in [0.29, 0.717) is 12.8 Å². The van der Waals surface area contributed by atoms with Crippen molar-refractivity contribution in [2.24, 2.45) is 0 Å². The van der Waals surface area contributed by atoms with Gasteiger partial charge in [-0.25, -0.2) is 4.57 Å². The van der Waals surface area contributed by atoms with Crippen molar-refractivity contribution >= 4 is 19.8 Å². The fourth-order valence-corrected chi connectivity index (χ4v) is 6.01. The summed E-state index contributed by atoms with van der Waals surface area (Å²) in [5.74, 6) is -0.960. The van der Waals surface area contributed by atoms with Crippen molar-refractivity contribution in [3.05, 3.63) is 24.3 Å². The number of carbonyl (C=O) groups excluding carboxylic acids is 2. The van der Waals surface area contributed by atoms with Crippen LogP contribution in [0.15, 0.2) is 24.3 Å². The van der Waals surface area contributed by atoms with Gasteiger partial charge in [-0.3, -0.25) is 18.6 Å². The van der Waals surface area contributed by atoms with Crippen LogP contribution in [0.25, 0.3) is 0 Å². The number of hydrogen-bond acceptors (Lipinski definition) is 9. The highest BCUT2D eigenvalue weighted by Gasteiger charge is 2.27. The van der Waals surface area contributed by atoms with Crippen LogP contribution in [0.3, 0.4) is 0 Å². The molecule has 0 bridgehead atoms. The van der Waals surface area contributed by atoms with Crippen molar-refractivity contribution in [2.75, 3.05) is 26.4 Å². The van der Waals surface area contributed by atoms with E-state index in [2.05, 4.69) is 42.7 Å². The molecule has 0 fully saturated rings. The summed E-state index contributed by atoms with van der Waals surface area (Å²) in [6, 6.07) is 0. The molecule has 0 saturated heterocycles. The van der Waals surface area contributed by atoms with E-state index in [1.165, 1.54) is 77.0 Å². The first kappa shape index (κ1) is 48.5. The van der Waals surface area contributed by atoms with E-state index in [4.69, 9.17) is 19.1 Å². The van der Waals surface area contributed by atoms with Crippen LogP contribution < -0.4 is 0 Å². The van der Waals surface area contributed by atoms with E-state index in [0.717, 1.165) is 57.8 Å². The summed E-state index contributed by atoms with van der Waals surface area (Å²) < 4.78 is 32.6. The maximum atomic E-state index is 12.5. The smallest absolute Gasteiger partial charge is 0.462 e. The Morgan fingerprint density at radius 1 is 0.580 bits per heavy atom. The van der Waals surface area contributed by atoms with Gasteiger partial charge in [0.2, 0.25) is 0 Å². The van der Waals surface area contributed by atoms with Crippen molar-refractivity contribution in [1.29, 1.82) is 0 Å². The minimum Gasteiger partial charge on any atom is -0.462 e. The Morgan fingerprint density at radius 3 is 1.52 bits per heavy atom. The highest BCUT2D eigenvalue weighted by molar-refractivity contribution is 7.47. The fraction of sp³-hybridized carbons (Fsp3) is 0.846. The number of rotatable bonds is 37. The van der Waals surface area contributed by atoms with Gasteiger partial charge in [0.1, 0.15) is 12.7 Å². The van der Waals surface area contributed by atoms with Crippen LogP contribution >= 0.6 is 7.82 Å². The molecule has 3 N–H and O–H groups in total. The second-order valence-electron chi connectivity index (χ2n) is 13.3. The molecule has 0 rings (SSSR count). The second kappa shape index (κ2) is 35.8. The Kier molecular flexibility index (Phi) is 34.7. The Balaban J connectivity index is 4.39. The lowest BCUT2D eigenvalue weighted by Gasteiger charge is -2.20. The molecule has 11 heteroatoms. The number of unbranched alkanes of at least 4 members (excludes halogenated alkanes) is 19. The zero-order valence-electron chi connectivity index (χ0n) is 31.6. The zero-order valence-corrected chi connectivity index (χ0v) is 32.5. The molecular formula is C39H73O10P. The van der Waals surface area contributed by atoms with E-state index >= 15 is 0 Å². The number of ether oxygens (including phenoxy) is 2. The lowest BCUT2D eigenvalue weighted by Crippen LogP contribution is -2.29. The summed E-state index contributed by atoms with van der Waals surface area (Å²) in [7, 11) is -4.62. The number of phosphoric ester groups is 1. The molecule has 0 saturated carbocycles. The van der Waals surface area contributed by atoms with Crippen LogP contribution in [0.4, 0.5) is 0 Å².